The number of carbonyl (C=O) groups is 2. The second-order valence-corrected chi connectivity index (χ2v) is 2.43. The Morgan fingerprint density at radius 1 is 1.43 bits per heavy atom. The fourth-order valence-electron chi connectivity index (χ4n) is 0.714. The maximum atomic E-state index is 10.2. The number of halogens is 1. The fourth-order valence-corrected chi connectivity index (χ4v) is 0.769. The van der Waals surface area contributed by atoms with E-state index in [1.165, 1.54) is 0 Å². The average molecular weight is 217 g/mol. The van der Waals surface area contributed by atoms with Crippen molar-refractivity contribution in [3.05, 3.63) is 35.9 Å². The van der Waals surface area contributed by atoms with Gasteiger partial charge in [-0.2, -0.15) is 0 Å². The molecule has 0 aliphatic carbocycles. The molecule has 0 aromatic heterocycles. The summed E-state index contributed by atoms with van der Waals surface area (Å²) in [7, 11) is 0. The van der Waals surface area contributed by atoms with Crippen LogP contribution in [0.2, 0.25) is 0 Å². The highest BCUT2D eigenvalue weighted by Crippen LogP contribution is 2.01. The van der Waals surface area contributed by atoms with E-state index in [0.717, 1.165) is 5.56 Å². The molecule has 0 saturated heterocycles. The molecule has 0 spiro atoms. The highest BCUT2D eigenvalue weighted by Gasteiger charge is 1.95. The van der Waals surface area contributed by atoms with Gasteiger partial charge in [0.05, 0.1) is 0 Å². The van der Waals surface area contributed by atoms with Gasteiger partial charge in [0.25, 0.3) is 6.47 Å². The van der Waals surface area contributed by atoms with Crippen LogP contribution in [0.1, 0.15) is 5.56 Å². The molecule has 0 unspecified atom stereocenters. The van der Waals surface area contributed by atoms with E-state index >= 15 is 0 Å². The van der Waals surface area contributed by atoms with Gasteiger partial charge in [-0.3, -0.25) is 4.79 Å². The third kappa shape index (κ3) is 7.12. The quantitative estimate of drug-likeness (QED) is 0.608. The summed E-state index contributed by atoms with van der Waals surface area (Å²) in [5.41, 5.74) is 0.162. The molecule has 0 aliphatic heterocycles. The number of rotatable bonds is 2. The Bertz CT molecular complexity index is 273. The van der Waals surface area contributed by atoms with E-state index in [2.05, 4.69) is 4.74 Å². The Hall–Kier alpha value is -1.55. The minimum atomic E-state index is -0.770. The third-order valence-corrected chi connectivity index (χ3v) is 1.30. The molecule has 5 heteroatoms. The summed E-state index contributed by atoms with van der Waals surface area (Å²) in [6.07, 6.45) is 0. The third-order valence-electron chi connectivity index (χ3n) is 1.20. The molecule has 4 nitrogen and oxygen atoms in total. The first-order chi connectivity index (χ1) is 6.70. The Balaban J connectivity index is 0.000000500. The van der Waals surface area contributed by atoms with Crippen LogP contribution in [0.5, 0.6) is 0 Å². The van der Waals surface area contributed by atoms with E-state index in [-0.39, 0.29) is 13.1 Å². The van der Waals surface area contributed by atoms with Crippen LogP contribution < -0.4 is 0 Å². The van der Waals surface area contributed by atoms with Gasteiger partial charge in [0, 0.05) is 11.6 Å². The van der Waals surface area contributed by atoms with Crippen molar-refractivity contribution in [1.29, 1.82) is 0 Å². The SMILES string of the molecule is O=C(Cl)OCc1ccccc1.O=CO. The first-order valence-corrected chi connectivity index (χ1v) is 4.02. The van der Waals surface area contributed by atoms with Crippen LogP contribution in [0, 0.1) is 0 Å². The molecule has 1 N–H and O–H groups in total. The van der Waals surface area contributed by atoms with Gasteiger partial charge in [-0.1, -0.05) is 30.3 Å². The zero-order valence-electron chi connectivity index (χ0n) is 7.22. The van der Waals surface area contributed by atoms with E-state index in [0.29, 0.717) is 0 Å². The van der Waals surface area contributed by atoms with Crippen molar-refractivity contribution in [3.63, 3.8) is 0 Å². The molecular weight excluding hydrogens is 208 g/mol. The molecule has 0 saturated carbocycles. The minimum Gasteiger partial charge on any atom is -0.483 e. The molecule has 1 aromatic rings. The Morgan fingerprint density at radius 2 is 1.93 bits per heavy atom. The van der Waals surface area contributed by atoms with Gasteiger partial charge in [-0.25, -0.2) is 4.79 Å². The number of benzene rings is 1. The first kappa shape index (κ1) is 12.4. The van der Waals surface area contributed by atoms with Crippen LogP contribution in [0.4, 0.5) is 4.79 Å². The van der Waals surface area contributed by atoms with E-state index in [4.69, 9.17) is 21.5 Å². The van der Waals surface area contributed by atoms with Gasteiger partial charge >= 0.3 is 5.43 Å². The maximum Gasteiger partial charge on any atom is 0.404 e. The van der Waals surface area contributed by atoms with Gasteiger partial charge in [0.15, 0.2) is 0 Å². The van der Waals surface area contributed by atoms with Crippen LogP contribution in [-0.4, -0.2) is 17.0 Å². The predicted molar refractivity (Wildman–Crippen MR) is 51.2 cm³/mol. The lowest BCUT2D eigenvalue weighted by Crippen LogP contribution is -1.93. The van der Waals surface area contributed by atoms with Crippen LogP contribution in [-0.2, 0) is 16.1 Å². The monoisotopic (exact) mass is 216 g/mol. The van der Waals surface area contributed by atoms with Crippen molar-refractivity contribution >= 4 is 23.5 Å². The fraction of sp³-hybridized carbons (Fsp3) is 0.111. The molecule has 0 fully saturated rings. The standard InChI is InChI=1S/C8H7ClO2.CH2O2/c9-8(10)11-6-7-4-2-1-3-5-7;2-1-3/h1-5H,6H2;1H,(H,2,3). The van der Waals surface area contributed by atoms with E-state index < -0.39 is 5.43 Å². The molecule has 1 rings (SSSR count). The molecule has 1 aromatic carbocycles. The highest BCUT2D eigenvalue weighted by atomic mass is 35.5. The lowest BCUT2D eigenvalue weighted by Gasteiger charge is -1.98. The van der Waals surface area contributed by atoms with Gasteiger partial charge in [-0.15, -0.1) is 0 Å². The number of ether oxygens (including phenoxy) is 1. The summed E-state index contributed by atoms with van der Waals surface area (Å²) in [5.74, 6) is 0. The largest absolute Gasteiger partial charge is 0.483 e. The van der Waals surface area contributed by atoms with Crippen molar-refractivity contribution in [2.24, 2.45) is 0 Å². The number of hydrogen-bond donors (Lipinski definition) is 1. The maximum absolute atomic E-state index is 10.2. The topological polar surface area (TPSA) is 63.6 Å². The Kier molecular flexibility index (Phi) is 7.17. The summed E-state index contributed by atoms with van der Waals surface area (Å²) in [5, 5.41) is 6.89. The molecule has 14 heavy (non-hydrogen) atoms. The molecule has 0 heterocycles. The lowest BCUT2D eigenvalue weighted by molar-refractivity contribution is -0.122. The smallest absolute Gasteiger partial charge is 0.404 e. The van der Waals surface area contributed by atoms with E-state index in [1.54, 1.807) is 0 Å². The number of hydrogen-bond acceptors (Lipinski definition) is 3. The van der Waals surface area contributed by atoms with Crippen LogP contribution in [0.15, 0.2) is 30.3 Å². The average Bonchev–Trinajstić information content (AvgIpc) is 2.18. The lowest BCUT2D eigenvalue weighted by atomic mass is 10.2. The summed E-state index contributed by atoms with van der Waals surface area (Å²) in [4.78, 5) is 18.5. The van der Waals surface area contributed by atoms with Gasteiger partial charge < -0.3 is 9.84 Å². The van der Waals surface area contributed by atoms with Crippen LogP contribution >= 0.6 is 11.6 Å². The molecule has 0 bridgehead atoms. The molecule has 76 valence electrons. The summed E-state index contributed by atoms with van der Waals surface area (Å²) < 4.78 is 4.55. The summed E-state index contributed by atoms with van der Waals surface area (Å²) >= 11 is 4.97. The second-order valence-electron chi connectivity index (χ2n) is 2.12. The van der Waals surface area contributed by atoms with Crippen LogP contribution in [0.3, 0.4) is 0 Å². The zero-order valence-corrected chi connectivity index (χ0v) is 7.98. The first-order valence-electron chi connectivity index (χ1n) is 3.64. The predicted octanol–water partition coefficient (Wildman–Crippen LogP) is 2.26. The van der Waals surface area contributed by atoms with Crippen LogP contribution in [0.25, 0.3) is 0 Å². The van der Waals surface area contributed by atoms with Gasteiger partial charge in [-0.05, 0) is 5.56 Å². The highest BCUT2D eigenvalue weighted by molar-refractivity contribution is 6.61. The Morgan fingerprint density at radius 3 is 2.36 bits per heavy atom. The molecule has 0 aliphatic rings. The van der Waals surface area contributed by atoms with Gasteiger partial charge in [0.1, 0.15) is 6.61 Å². The minimum absolute atomic E-state index is 0.239. The van der Waals surface area contributed by atoms with Crippen molar-refractivity contribution in [3.8, 4) is 0 Å². The number of carbonyl (C=O) groups excluding carboxylic acids is 1. The Labute approximate surface area is 86.1 Å². The molecule has 0 amide bonds. The summed E-state index contributed by atoms with van der Waals surface area (Å²) in [6.45, 7) is -0.0107. The second kappa shape index (κ2) is 8.07. The zero-order chi connectivity index (χ0) is 10.8. The van der Waals surface area contributed by atoms with Gasteiger partial charge in [0.2, 0.25) is 0 Å². The molecule has 0 atom stereocenters. The van der Waals surface area contributed by atoms with E-state index in [9.17, 15) is 4.79 Å². The summed E-state index contributed by atoms with van der Waals surface area (Å²) in [6, 6.07) is 9.36. The molecular formula is C9H9ClO4. The number of carboxylic acid groups (broad SMARTS) is 1. The normalized spacial score (nSPS) is 8.07. The van der Waals surface area contributed by atoms with E-state index in [1.807, 2.05) is 30.3 Å². The van der Waals surface area contributed by atoms with Crippen molar-refractivity contribution in [1.82, 2.24) is 0 Å². The molecule has 0 radical (unpaired) electrons. The van der Waals surface area contributed by atoms with Crippen molar-refractivity contribution in [2.75, 3.05) is 0 Å². The van der Waals surface area contributed by atoms with Crippen molar-refractivity contribution in [2.45, 2.75) is 6.61 Å². The van der Waals surface area contributed by atoms with Crippen molar-refractivity contribution < 1.29 is 19.4 Å².